The van der Waals surface area contributed by atoms with Crippen molar-refractivity contribution in [3.05, 3.63) is 29.4 Å². The summed E-state index contributed by atoms with van der Waals surface area (Å²) < 4.78 is 0.783. The lowest BCUT2D eigenvalue weighted by atomic mass is 10.3. The number of thiazole rings is 2. The predicted octanol–water partition coefficient (Wildman–Crippen LogP) is 4.47. The van der Waals surface area contributed by atoms with Gasteiger partial charge in [0.1, 0.15) is 0 Å². The SMILES string of the molecule is O=C(O)c1nc2ccc(N=Nc3cnc(N4CCCC4)s3)cc2s1. The number of carbonyl (C=O) groups is 1. The van der Waals surface area contributed by atoms with Gasteiger partial charge in [-0.1, -0.05) is 11.3 Å². The fraction of sp³-hybridized carbons (Fsp3) is 0.267. The van der Waals surface area contributed by atoms with Gasteiger partial charge in [0, 0.05) is 13.1 Å². The first-order chi connectivity index (χ1) is 11.7. The molecule has 4 rings (SSSR count). The highest BCUT2D eigenvalue weighted by atomic mass is 32.1. The maximum absolute atomic E-state index is 11.0. The van der Waals surface area contributed by atoms with E-state index < -0.39 is 5.97 Å². The third-order valence-corrected chi connectivity index (χ3v) is 5.63. The number of nitrogens with zero attached hydrogens (tertiary/aromatic N) is 5. The normalized spacial score (nSPS) is 14.9. The number of azo groups is 1. The summed E-state index contributed by atoms with van der Waals surface area (Å²) in [5.41, 5.74) is 1.32. The Bertz CT molecular complexity index is 927. The summed E-state index contributed by atoms with van der Waals surface area (Å²) in [6.45, 7) is 2.11. The van der Waals surface area contributed by atoms with Gasteiger partial charge in [-0.25, -0.2) is 14.8 Å². The minimum atomic E-state index is -1.02. The third-order valence-electron chi connectivity index (χ3n) is 3.68. The van der Waals surface area contributed by atoms with Crippen LogP contribution in [0.15, 0.2) is 34.6 Å². The Morgan fingerprint density at radius 1 is 1.21 bits per heavy atom. The number of carboxylic acid groups (broad SMARTS) is 1. The van der Waals surface area contributed by atoms with Gasteiger partial charge in [0.2, 0.25) is 5.01 Å². The van der Waals surface area contributed by atoms with Gasteiger partial charge in [-0.3, -0.25) is 0 Å². The van der Waals surface area contributed by atoms with Crippen LogP contribution in [0.25, 0.3) is 10.2 Å². The first-order valence-electron chi connectivity index (χ1n) is 7.45. The average Bonchev–Trinajstić information content (AvgIpc) is 3.30. The van der Waals surface area contributed by atoms with E-state index in [0.29, 0.717) is 11.2 Å². The summed E-state index contributed by atoms with van der Waals surface area (Å²) >= 11 is 2.66. The molecule has 1 saturated heterocycles. The van der Waals surface area contributed by atoms with Gasteiger partial charge in [-0.2, -0.15) is 0 Å². The van der Waals surface area contributed by atoms with Gasteiger partial charge in [0.05, 0.1) is 22.1 Å². The second-order valence-corrected chi connectivity index (χ2v) is 7.37. The summed E-state index contributed by atoms with van der Waals surface area (Å²) in [6.07, 6.45) is 4.16. The van der Waals surface area contributed by atoms with E-state index >= 15 is 0 Å². The summed E-state index contributed by atoms with van der Waals surface area (Å²) in [6, 6.07) is 5.33. The molecule has 9 heteroatoms. The van der Waals surface area contributed by atoms with Crippen LogP contribution in [0.4, 0.5) is 15.8 Å². The standard InChI is InChI=1S/C15H13N5O2S2/c21-14(22)13-17-10-4-3-9(7-11(10)23-13)18-19-12-8-16-15(24-12)20-5-1-2-6-20/h3-4,7-8H,1-2,5-6H2,(H,21,22). The zero-order valence-corrected chi connectivity index (χ0v) is 14.2. The number of fused-ring (bicyclic) bond motifs is 1. The molecule has 3 aromatic rings. The molecular weight excluding hydrogens is 346 g/mol. The van der Waals surface area contributed by atoms with Crippen LogP contribution in [0, 0.1) is 0 Å². The van der Waals surface area contributed by atoms with Crippen LogP contribution < -0.4 is 4.90 Å². The molecule has 3 heterocycles. The van der Waals surface area contributed by atoms with Gasteiger partial charge in [-0.05, 0) is 31.0 Å². The van der Waals surface area contributed by atoms with Crippen LogP contribution >= 0.6 is 22.7 Å². The number of hydrogen-bond donors (Lipinski definition) is 1. The molecule has 0 saturated carbocycles. The molecule has 1 aromatic carbocycles. The maximum atomic E-state index is 11.0. The lowest BCUT2D eigenvalue weighted by Gasteiger charge is -2.11. The zero-order valence-electron chi connectivity index (χ0n) is 12.5. The van der Waals surface area contributed by atoms with Crippen molar-refractivity contribution in [2.24, 2.45) is 10.2 Å². The second kappa shape index (κ2) is 6.25. The molecule has 1 aliphatic heterocycles. The average molecular weight is 359 g/mol. The van der Waals surface area contributed by atoms with Crippen molar-refractivity contribution >= 4 is 54.7 Å². The summed E-state index contributed by atoms with van der Waals surface area (Å²) in [4.78, 5) is 21.7. The number of hydrogen-bond acceptors (Lipinski definition) is 8. The van der Waals surface area contributed by atoms with Gasteiger partial charge in [-0.15, -0.1) is 21.6 Å². The fourth-order valence-corrected chi connectivity index (χ4v) is 4.16. The van der Waals surface area contributed by atoms with Crippen molar-refractivity contribution in [1.29, 1.82) is 0 Å². The molecule has 0 bridgehead atoms. The lowest BCUT2D eigenvalue weighted by Crippen LogP contribution is -2.16. The Balaban J connectivity index is 1.54. The molecule has 24 heavy (non-hydrogen) atoms. The molecule has 0 aliphatic carbocycles. The number of benzene rings is 1. The smallest absolute Gasteiger partial charge is 0.365 e. The van der Waals surface area contributed by atoms with Crippen LogP contribution in [-0.2, 0) is 0 Å². The van der Waals surface area contributed by atoms with Crippen LogP contribution in [0.2, 0.25) is 0 Å². The molecule has 0 amide bonds. The van der Waals surface area contributed by atoms with Gasteiger partial charge < -0.3 is 10.0 Å². The minimum Gasteiger partial charge on any atom is -0.476 e. The van der Waals surface area contributed by atoms with Gasteiger partial charge in [0.25, 0.3) is 0 Å². The van der Waals surface area contributed by atoms with Gasteiger partial charge in [0.15, 0.2) is 10.1 Å². The maximum Gasteiger partial charge on any atom is 0.365 e. The van der Waals surface area contributed by atoms with E-state index in [1.54, 1.807) is 24.4 Å². The summed E-state index contributed by atoms with van der Waals surface area (Å²) in [7, 11) is 0. The van der Waals surface area contributed by atoms with E-state index in [4.69, 9.17) is 5.11 Å². The molecule has 7 nitrogen and oxygen atoms in total. The molecule has 1 N–H and O–H groups in total. The number of anilines is 1. The van der Waals surface area contributed by atoms with E-state index in [2.05, 4.69) is 25.1 Å². The van der Waals surface area contributed by atoms with Crippen molar-refractivity contribution in [3.63, 3.8) is 0 Å². The summed E-state index contributed by atoms with van der Waals surface area (Å²) in [5, 5.41) is 19.3. The van der Waals surface area contributed by atoms with E-state index in [-0.39, 0.29) is 5.01 Å². The van der Waals surface area contributed by atoms with E-state index in [1.807, 2.05) is 0 Å². The molecule has 1 aliphatic rings. The largest absolute Gasteiger partial charge is 0.476 e. The van der Waals surface area contributed by atoms with Crippen LogP contribution in [0.3, 0.4) is 0 Å². The van der Waals surface area contributed by atoms with Crippen molar-refractivity contribution < 1.29 is 9.90 Å². The highest BCUT2D eigenvalue weighted by Gasteiger charge is 2.15. The highest BCUT2D eigenvalue weighted by Crippen LogP contribution is 2.33. The van der Waals surface area contributed by atoms with E-state index in [9.17, 15) is 4.79 Å². The van der Waals surface area contributed by atoms with Crippen LogP contribution in [-0.4, -0.2) is 34.1 Å². The Morgan fingerprint density at radius 2 is 2.04 bits per heavy atom. The molecule has 0 spiro atoms. The Morgan fingerprint density at radius 3 is 2.83 bits per heavy atom. The Labute approximate surface area is 145 Å². The monoisotopic (exact) mass is 359 g/mol. The summed E-state index contributed by atoms with van der Waals surface area (Å²) in [5.74, 6) is -1.02. The predicted molar refractivity (Wildman–Crippen MR) is 94.3 cm³/mol. The van der Waals surface area contributed by atoms with Crippen LogP contribution in [0.5, 0.6) is 0 Å². The van der Waals surface area contributed by atoms with Crippen molar-refractivity contribution in [2.75, 3.05) is 18.0 Å². The quantitative estimate of drug-likeness (QED) is 0.694. The molecule has 1 fully saturated rings. The lowest BCUT2D eigenvalue weighted by molar-refractivity contribution is 0.0696. The topological polar surface area (TPSA) is 91.0 Å². The van der Waals surface area contributed by atoms with Crippen molar-refractivity contribution in [3.8, 4) is 0 Å². The molecule has 122 valence electrons. The third kappa shape index (κ3) is 3.00. The fourth-order valence-electron chi connectivity index (χ4n) is 2.53. The molecule has 0 radical (unpaired) electrons. The molecule has 2 aromatic heterocycles. The first kappa shape index (κ1) is 15.2. The number of aromatic carboxylic acids is 1. The first-order valence-corrected chi connectivity index (χ1v) is 9.09. The molecule has 0 atom stereocenters. The van der Waals surface area contributed by atoms with E-state index in [0.717, 1.165) is 39.3 Å². The van der Waals surface area contributed by atoms with Crippen molar-refractivity contribution in [1.82, 2.24) is 9.97 Å². The van der Waals surface area contributed by atoms with Crippen LogP contribution in [0.1, 0.15) is 22.6 Å². The molecular formula is C15H13N5O2S2. The minimum absolute atomic E-state index is 0.0804. The van der Waals surface area contributed by atoms with E-state index in [1.165, 1.54) is 24.2 Å². The second-order valence-electron chi connectivity index (χ2n) is 5.35. The number of rotatable bonds is 4. The van der Waals surface area contributed by atoms with Gasteiger partial charge >= 0.3 is 5.97 Å². The Hall–Kier alpha value is -2.39. The number of carboxylic acids is 1. The van der Waals surface area contributed by atoms with Crippen molar-refractivity contribution in [2.45, 2.75) is 12.8 Å². The number of aromatic nitrogens is 2. The molecule has 0 unspecified atom stereocenters. The highest BCUT2D eigenvalue weighted by molar-refractivity contribution is 7.20. The zero-order chi connectivity index (χ0) is 16.5. The Kier molecular flexibility index (Phi) is 3.95.